The molecule has 0 saturated heterocycles. The maximum absolute atomic E-state index is 11.7. The molecule has 1 amide bonds. The minimum Gasteiger partial charge on any atom is -0.481 e. The number of carboxylic acids is 1. The second-order valence-corrected chi connectivity index (χ2v) is 3.89. The fraction of sp³-hybridized carbons (Fsp3) is 0.385. The molecule has 0 atom stereocenters. The number of rotatable bonds is 7. The van der Waals surface area contributed by atoms with Gasteiger partial charge < -0.3 is 19.8 Å². The summed E-state index contributed by atoms with van der Waals surface area (Å²) in [5, 5.41) is 17.4. The van der Waals surface area contributed by atoms with Gasteiger partial charge in [0.1, 0.15) is 6.61 Å². The number of benzene rings is 1. The Kier molecular flexibility index (Phi) is 6.38. The largest absolute Gasteiger partial charge is 0.481 e. The summed E-state index contributed by atoms with van der Waals surface area (Å²) < 4.78 is 5.06. The van der Waals surface area contributed by atoms with Crippen LogP contribution in [0.3, 0.4) is 0 Å². The summed E-state index contributed by atoms with van der Waals surface area (Å²) in [5.41, 5.74) is 0.845. The molecule has 0 spiro atoms. The predicted octanol–water partition coefficient (Wildman–Crippen LogP) is 1.09. The van der Waals surface area contributed by atoms with Crippen molar-refractivity contribution in [1.29, 1.82) is 0 Å². The van der Waals surface area contributed by atoms with Crippen LogP contribution < -0.4 is 0 Å². The summed E-state index contributed by atoms with van der Waals surface area (Å²) >= 11 is 0. The number of ether oxygens (including phenoxy) is 1. The minimum atomic E-state index is -1.00. The number of carbonyl (C=O) groups is 2. The molecule has 0 bridgehead atoms. The van der Waals surface area contributed by atoms with Crippen molar-refractivity contribution in [2.45, 2.75) is 13.0 Å². The van der Waals surface area contributed by atoms with Gasteiger partial charge in [0.25, 0.3) is 0 Å². The van der Waals surface area contributed by atoms with E-state index in [0.29, 0.717) is 0 Å². The molecule has 0 aliphatic carbocycles. The van der Waals surface area contributed by atoms with Crippen molar-refractivity contribution < 1.29 is 24.5 Å². The van der Waals surface area contributed by atoms with Crippen LogP contribution >= 0.6 is 0 Å². The molecule has 0 heterocycles. The minimum absolute atomic E-state index is 0.0174. The van der Waals surface area contributed by atoms with E-state index in [4.69, 9.17) is 14.9 Å². The summed E-state index contributed by atoms with van der Waals surface area (Å²) in [4.78, 5) is 23.4. The number of hydrogen-bond donors (Lipinski definition) is 2. The Morgan fingerprint density at radius 1 is 1.16 bits per heavy atom. The summed E-state index contributed by atoms with van der Waals surface area (Å²) in [6, 6.07) is 9.16. The monoisotopic (exact) mass is 267 g/mol. The van der Waals surface area contributed by atoms with Gasteiger partial charge in [0.05, 0.1) is 13.0 Å². The van der Waals surface area contributed by atoms with Gasteiger partial charge in [-0.3, -0.25) is 4.79 Å². The number of carboxylic acid groups (broad SMARTS) is 1. The van der Waals surface area contributed by atoms with E-state index in [9.17, 15) is 9.59 Å². The zero-order valence-corrected chi connectivity index (χ0v) is 10.5. The van der Waals surface area contributed by atoms with Gasteiger partial charge in [-0.25, -0.2) is 4.79 Å². The molecule has 6 nitrogen and oxygen atoms in total. The molecule has 104 valence electrons. The molecule has 0 saturated carbocycles. The van der Waals surface area contributed by atoms with Crippen molar-refractivity contribution in [3.05, 3.63) is 35.9 Å². The molecular weight excluding hydrogens is 250 g/mol. The Bertz CT molecular complexity index is 407. The predicted molar refractivity (Wildman–Crippen MR) is 67.5 cm³/mol. The highest BCUT2D eigenvalue weighted by Crippen LogP contribution is 2.03. The number of amides is 1. The Morgan fingerprint density at radius 3 is 2.42 bits per heavy atom. The van der Waals surface area contributed by atoms with E-state index >= 15 is 0 Å². The number of hydrogen-bond acceptors (Lipinski definition) is 4. The van der Waals surface area contributed by atoms with Crippen LogP contribution in [0.4, 0.5) is 4.79 Å². The van der Waals surface area contributed by atoms with Gasteiger partial charge in [-0.05, 0) is 5.56 Å². The number of aliphatic carboxylic acids is 1. The number of nitrogens with zero attached hydrogens (tertiary/aromatic N) is 1. The Labute approximate surface area is 111 Å². The summed E-state index contributed by atoms with van der Waals surface area (Å²) in [6.45, 7) is -0.0425. The average molecular weight is 267 g/mol. The molecule has 2 N–H and O–H groups in total. The van der Waals surface area contributed by atoms with Gasteiger partial charge in [-0.2, -0.15) is 0 Å². The maximum Gasteiger partial charge on any atom is 0.410 e. The molecule has 1 rings (SSSR count). The van der Waals surface area contributed by atoms with Crippen molar-refractivity contribution in [2.24, 2.45) is 0 Å². The Hall–Kier alpha value is -2.08. The van der Waals surface area contributed by atoms with Crippen molar-refractivity contribution in [3.63, 3.8) is 0 Å². The third kappa shape index (κ3) is 5.87. The molecule has 0 radical (unpaired) electrons. The lowest BCUT2D eigenvalue weighted by atomic mass is 10.2. The number of aliphatic hydroxyl groups is 1. The van der Waals surface area contributed by atoms with Crippen LogP contribution in [0.15, 0.2) is 30.3 Å². The average Bonchev–Trinajstić information content (AvgIpc) is 2.41. The number of carbonyl (C=O) groups excluding carboxylic acids is 1. The van der Waals surface area contributed by atoms with Crippen LogP contribution in [0, 0.1) is 0 Å². The second-order valence-electron chi connectivity index (χ2n) is 3.89. The van der Waals surface area contributed by atoms with Crippen molar-refractivity contribution in [3.8, 4) is 0 Å². The molecular formula is C13H17NO5. The molecule has 1 aromatic carbocycles. The van der Waals surface area contributed by atoms with Crippen molar-refractivity contribution in [1.82, 2.24) is 4.90 Å². The SMILES string of the molecule is O=C(O)CCN(CCO)C(=O)OCc1ccccc1. The van der Waals surface area contributed by atoms with E-state index in [0.717, 1.165) is 5.56 Å². The van der Waals surface area contributed by atoms with Gasteiger partial charge >= 0.3 is 12.1 Å². The highest BCUT2D eigenvalue weighted by Gasteiger charge is 2.15. The quantitative estimate of drug-likeness (QED) is 0.772. The first-order valence-corrected chi connectivity index (χ1v) is 5.91. The van der Waals surface area contributed by atoms with Crippen LogP contribution in [0.5, 0.6) is 0 Å². The van der Waals surface area contributed by atoms with E-state index in [-0.39, 0.29) is 32.7 Å². The van der Waals surface area contributed by atoms with Crippen molar-refractivity contribution >= 4 is 12.1 Å². The first-order chi connectivity index (χ1) is 9.13. The van der Waals surface area contributed by atoms with Crippen LogP contribution in [0.1, 0.15) is 12.0 Å². The van der Waals surface area contributed by atoms with Gasteiger partial charge in [0.15, 0.2) is 0 Å². The lowest BCUT2D eigenvalue weighted by molar-refractivity contribution is -0.137. The first kappa shape index (κ1) is 15.0. The van der Waals surface area contributed by atoms with Gasteiger partial charge in [-0.1, -0.05) is 30.3 Å². The van der Waals surface area contributed by atoms with E-state index in [1.165, 1.54) is 4.90 Å². The van der Waals surface area contributed by atoms with Gasteiger partial charge in [0, 0.05) is 13.1 Å². The van der Waals surface area contributed by atoms with Gasteiger partial charge in [-0.15, -0.1) is 0 Å². The normalized spacial score (nSPS) is 9.95. The molecule has 0 fully saturated rings. The van der Waals surface area contributed by atoms with Crippen LogP contribution in [0.2, 0.25) is 0 Å². The highest BCUT2D eigenvalue weighted by atomic mass is 16.6. The second kappa shape index (κ2) is 8.10. The van der Waals surface area contributed by atoms with Gasteiger partial charge in [0.2, 0.25) is 0 Å². The van der Waals surface area contributed by atoms with E-state index in [2.05, 4.69) is 0 Å². The smallest absolute Gasteiger partial charge is 0.410 e. The highest BCUT2D eigenvalue weighted by molar-refractivity contribution is 5.70. The zero-order chi connectivity index (χ0) is 14.1. The molecule has 0 aliphatic rings. The Balaban J connectivity index is 2.45. The molecule has 0 aromatic heterocycles. The summed E-state index contributed by atoms with van der Waals surface area (Å²) in [7, 11) is 0. The fourth-order valence-electron chi connectivity index (χ4n) is 1.46. The van der Waals surface area contributed by atoms with Crippen LogP contribution in [0.25, 0.3) is 0 Å². The summed E-state index contributed by atoms with van der Waals surface area (Å²) in [5.74, 6) is -1.00. The Morgan fingerprint density at radius 2 is 1.84 bits per heavy atom. The summed E-state index contributed by atoms with van der Waals surface area (Å²) in [6.07, 6.45) is -0.806. The third-order valence-electron chi connectivity index (χ3n) is 2.43. The lowest BCUT2D eigenvalue weighted by Crippen LogP contribution is -2.35. The standard InChI is InChI=1S/C13H17NO5/c15-9-8-14(7-6-12(16)17)13(18)19-10-11-4-2-1-3-5-11/h1-5,15H,6-10H2,(H,16,17). The molecule has 6 heteroatoms. The third-order valence-corrected chi connectivity index (χ3v) is 2.43. The maximum atomic E-state index is 11.7. The van der Waals surface area contributed by atoms with Crippen LogP contribution in [-0.2, 0) is 16.1 Å². The first-order valence-electron chi connectivity index (χ1n) is 5.91. The molecule has 0 unspecified atom stereocenters. The van der Waals surface area contributed by atoms with E-state index in [1.807, 2.05) is 30.3 Å². The zero-order valence-electron chi connectivity index (χ0n) is 10.5. The van der Waals surface area contributed by atoms with E-state index in [1.54, 1.807) is 0 Å². The lowest BCUT2D eigenvalue weighted by Gasteiger charge is -2.20. The molecule has 0 aliphatic heterocycles. The topological polar surface area (TPSA) is 87.1 Å². The molecule has 1 aromatic rings. The molecule has 19 heavy (non-hydrogen) atoms. The van der Waals surface area contributed by atoms with E-state index < -0.39 is 12.1 Å². The number of aliphatic hydroxyl groups excluding tert-OH is 1. The fourth-order valence-corrected chi connectivity index (χ4v) is 1.46. The van der Waals surface area contributed by atoms with Crippen LogP contribution in [-0.4, -0.2) is 46.9 Å². The van der Waals surface area contributed by atoms with Crippen molar-refractivity contribution in [2.75, 3.05) is 19.7 Å².